The van der Waals surface area contributed by atoms with E-state index in [1.54, 1.807) is 7.11 Å². The summed E-state index contributed by atoms with van der Waals surface area (Å²) >= 11 is 1.84. The number of hydrogen-bond acceptors (Lipinski definition) is 4. The molecule has 0 aliphatic carbocycles. The topological polar surface area (TPSA) is 54.9 Å². The number of thioether (sulfide) groups is 1. The summed E-state index contributed by atoms with van der Waals surface area (Å²) in [5.41, 5.74) is 1.16. The quantitative estimate of drug-likeness (QED) is 0.364. The normalized spacial score (nSPS) is 12.8. The highest BCUT2D eigenvalue weighted by Crippen LogP contribution is 2.11. The van der Waals surface area contributed by atoms with Crippen molar-refractivity contribution in [1.82, 2.24) is 10.6 Å². The summed E-state index contributed by atoms with van der Waals surface area (Å²) in [6.07, 6.45) is 3.09. The van der Waals surface area contributed by atoms with E-state index in [0.717, 1.165) is 50.0 Å². The summed E-state index contributed by atoms with van der Waals surface area (Å²) in [5.74, 6) is 1.71. The average Bonchev–Trinajstić information content (AvgIpc) is 2.63. The van der Waals surface area contributed by atoms with Crippen LogP contribution < -0.4 is 15.4 Å². The molecular weight excluding hydrogens is 322 g/mol. The second kappa shape index (κ2) is 13.0. The van der Waals surface area contributed by atoms with Gasteiger partial charge in [-0.3, -0.25) is 0 Å². The minimum absolute atomic E-state index is 0.543. The Kier molecular flexibility index (Phi) is 11.1. The Bertz CT molecular complexity index is 466. The molecule has 0 aliphatic heterocycles. The van der Waals surface area contributed by atoms with Gasteiger partial charge in [-0.15, -0.1) is 0 Å². The molecule has 2 N–H and O–H groups in total. The second-order valence-electron chi connectivity index (χ2n) is 5.42. The van der Waals surface area contributed by atoms with E-state index in [4.69, 9.17) is 9.47 Å². The van der Waals surface area contributed by atoms with Gasteiger partial charge in [-0.25, -0.2) is 4.99 Å². The molecule has 0 saturated carbocycles. The molecule has 0 aliphatic rings. The number of ether oxygens (including phenoxy) is 2. The number of nitrogens with one attached hydrogen (secondary N) is 2. The Morgan fingerprint density at radius 2 is 2.00 bits per heavy atom. The summed E-state index contributed by atoms with van der Waals surface area (Å²) in [4.78, 5) is 4.68. The van der Waals surface area contributed by atoms with Gasteiger partial charge in [0.05, 0.1) is 13.7 Å². The van der Waals surface area contributed by atoms with Crippen molar-refractivity contribution in [2.45, 2.75) is 32.1 Å². The lowest BCUT2D eigenvalue weighted by Gasteiger charge is -2.15. The van der Waals surface area contributed by atoms with Crippen molar-refractivity contribution >= 4 is 17.7 Å². The molecule has 0 aromatic heterocycles. The van der Waals surface area contributed by atoms with Crippen LogP contribution in [0.15, 0.2) is 29.3 Å². The maximum atomic E-state index is 5.37. The van der Waals surface area contributed by atoms with Crippen LogP contribution in [0.4, 0.5) is 0 Å². The van der Waals surface area contributed by atoms with Gasteiger partial charge in [0.15, 0.2) is 5.96 Å². The van der Waals surface area contributed by atoms with Gasteiger partial charge >= 0.3 is 0 Å². The van der Waals surface area contributed by atoms with Crippen molar-refractivity contribution in [1.29, 1.82) is 0 Å². The lowest BCUT2D eigenvalue weighted by Crippen LogP contribution is -2.40. The van der Waals surface area contributed by atoms with Gasteiger partial charge in [0.1, 0.15) is 5.75 Å². The minimum Gasteiger partial charge on any atom is -0.497 e. The molecule has 0 saturated heterocycles. The van der Waals surface area contributed by atoms with E-state index >= 15 is 0 Å². The number of benzene rings is 1. The van der Waals surface area contributed by atoms with Crippen LogP contribution in [0.25, 0.3) is 0 Å². The first-order valence-electron chi connectivity index (χ1n) is 8.45. The fourth-order valence-electron chi connectivity index (χ4n) is 1.92. The molecule has 136 valence electrons. The zero-order chi connectivity index (χ0) is 17.6. The number of rotatable bonds is 11. The molecular formula is C18H31N3O2S. The van der Waals surface area contributed by atoms with E-state index in [9.17, 15) is 0 Å². The first kappa shape index (κ1) is 20.6. The third kappa shape index (κ3) is 9.03. The van der Waals surface area contributed by atoms with Crippen molar-refractivity contribution in [2.75, 3.05) is 39.7 Å². The number of methoxy groups -OCH3 is 1. The van der Waals surface area contributed by atoms with Crippen LogP contribution in [0.3, 0.4) is 0 Å². The smallest absolute Gasteiger partial charge is 0.191 e. The summed E-state index contributed by atoms with van der Waals surface area (Å²) < 4.78 is 10.5. The fraction of sp³-hybridized carbons (Fsp3) is 0.611. The first-order chi connectivity index (χ1) is 11.7. The van der Waals surface area contributed by atoms with Crippen LogP contribution in [0, 0.1) is 0 Å². The van der Waals surface area contributed by atoms with Gasteiger partial charge in [-0.2, -0.15) is 11.8 Å². The molecule has 0 bridgehead atoms. The predicted octanol–water partition coefficient (Wildman–Crippen LogP) is 2.91. The lowest BCUT2D eigenvalue weighted by molar-refractivity contribution is 0.145. The number of nitrogens with zero attached hydrogens (tertiary/aromatic N) is 1. The van der Waals surface area contributed by atoms with Gasteiger partial charge in [0, 0.05) is 31.6 Å². The average molecular weight is 354 g/mol. The molecule has 1 aromatic carbocycles. The summed E-state index contributed by atoms with van der Waals surface area (Å²) in [5, 5.41) is 7.33. The predicted molar refractivity (Wildman–Crippen MR) is 104 cm³/mol. The third-order valence-corrected chi connectivity index (χ3v) is 4.47. The zero-order valence-corrected chi connectivity index (χ0v) is 16.1. The van der Waals surface area contributed by atoms with Gasteiger partial charge in [-0.05, 0) is 37.3 Å². The van der Waals surface area contributed by atoms with E-state index < -0.39 is 0 Å². The van der Waals surface area contributed by atoms with Gasteiger partial charge in [-0.1, -0.05) is 19.1 Å². The molecule has 0 amide bonds. The molecule has 1 aromatic rings. The van der Waals surface area contributed by atoms with Crippen molar-refractivity contribution in [3.63, 3.8) is 0 Å². The van der Waals surface area contributed by atoms with Crippen LogP contribution >= 0.6 is 11.8 Å². The van der Waals surface area contributed by atoms with E-state index in [2.05, 4.69) is 28.8 Å². The van der Waals surface area contributed by atoms with Crippen LogP contribution in [-0.2, 0) is 11.3 Å². The van der Waals surface area contributed by atoms with Crippen LogP contribution in [-0.4, -0.2) is 50.9 Å². The Balaban J connectivity index is 2.53. The standard InChI is InChI=1S/C18H31N3O2S/c1-5-23-12-6-11-19-18(20-13-15(2)24-4)21-14-16-7-9-17(22-3)10-8-16/h7-10,15H,5-6,11-14H2,1-4H3,(H2,19,20,21). The highest BCUT2D eigenvalue weighted by atomic mass is 32.2. The number of hydrogen-bond donors (Lipinski definition) is 2. The summed E-state index contributed by atoms with van der Waals surface area (Å²) in [6, 6.07) is 8.01. The summed E-state index contributed by atoms with van der Waals surface area (Å²) in [6.45, 7) is 8.13. The van der Waals surface area contributed by atoms with E-state index in [1.807, 2.05) is 43.0 Å². The fourth-order valence-corrected chi connectivity index (χ4v) is 2.17. The maximum absolute atomic E-state index is 5.37. The molecule has 6 heteroatoms. The van der Waals surface area contributed by atoms with Crippen molar-refractivity contribution in [3.8, 4) is 5.75 Å². The highest BCUT2D eigenvalue weighted by Gasteiger charge is 2.03. The Labute approximate surface area is 150 Å². The Morgan fingerprint density at radius 3 is 2.62 bits per heavy atom. The Morgan fingerprint density at radius 1 is 1.25 bits per heavy atom. The molecule has 1 rings (SSSR count). The highest BCUT2D eigenvalue weighted by molar-refractivity contribution is 7.99. The molecule has 5 nitrogen and oxygen atoms in total. The summed E-state index contributed by atoms with van der Waals surface area (Å²) in [7, 11) is 1.67. The van der Waals surface area contributed by atoms with E-state index in [1.165, 1.54) is 0 Å². The van der Waals surface area contributed by atoms with Gasteiger partial charge in [0.25, 0.3) is 0 Å². The van der Waals surface area contributed by atoms with Crippen molar-refractivity contribution < 1.29 is 9.47 Å². The van der Waals surface area contributed by atoms with E-state index in [0.29, 0.717) is 11.8 Å². The molecule has 0 radical (unpaired) electrons. The SMILES string of the molecule is CCOCCCNC(=NCc1ccc(OC)cc1)NCC(C)SC. The van der Waals surface area contributed by atoms with Gasteiger partial charge in [0.2, 0.25) is 0 Å². The van der Waals surface area contributed by atoms with E-state index in [-0.39, 0.29) is 0 Å². The van der Waals surface area contributed by atoms with Crippen LogP contribution in [0.2, 0.25) is 0 Å². The zero-order valence-electron chi connectivity index (χ0n) is 15.3. The Hall–Kier alpha value is -1.40. The van der Waals surface area contributed by atoms with Crippen molar-refractivity contribution in [3.05, 3.63) is 29.8 Å². The molecule has 24 heavy (non-hydrogen) atoms. The monoisotopic (exact) mass is 353 g/mol. The number of guanidine groups is 1. The van der Waals surface area contributed by atoms with Crippen LogP contribution in [0.1, 0.15) is 25.8 Å². The molecule has 0 fully saturated rings. The van der Waals surface area contributed by atoms with Crippen molar-refractivity contribution in [2.24, 2.45) is 4.99 Å². The lowest BCUT2D eigenvalue weighted by atomic mass is 10.2. The minimum atomic E-state index is 0.543. The molecule has 0 spiro atoms. The molecule has 1 atom stereocenters. The largest absolute Gasteiger partial charge is 0.497 e. The first-order valence-corrected chi connectivity index (χ1v) is 9.74. The number of aliphatic imine (C=N–C) groups is 1. The van der Waals surface area contributed by atoms with Crippen LogP contribution in [0.5, 0.6) is 5.75 Å². The molecule has 0 heterocycles. The van der Waals surface area contributed by atoms with Gasteiger partial charge < -0.3 is 20.1 Å². The third-order valence-electron chi connectivity index (χ3n) is 3.50. The maximum Gasteiger partial charge on any atom is 0.191 e. The molecule has 1 unspecified atom stereocenters. The second-order valence-corrected chi connectivity index (χ2v) is 6.69.